The van der Waals surface area contributed by atoms with Crippen molar-refractivity contribution in [2.75, 3.05) is 6.54 Å². The summed E-state index contributed by atoms with van der Waals surface area (Å²) in [5.74, 6) is -2.09. The summed E-state index contributed by atoms with van der Waals surface area (Å²) in [5.41, 5.74) is 0. The molecule has 0 aliphatic carbocycles. The Bertz CT molecular complexity index is 376. The molecule has 0 rings (SSSR count). The number of aliphatic carboxylic acids is 1. The number of hydrogen-bond acceptors (Lipinski definition) is 4. The molecule has 2 N–H and O–H groups in total. The van der Waals surface area contributed by atoms with E-state index in [1.165, 1.54) is 6.92 Å². The van der Waals surface area contributed by atoms with Crippen molar-refractivity contribution in [1.82, 2.24) is 5.32 Å². The number of carboxylic acids is 1. The van der Waals surface area contributed by atoms with Gasteiger partial charge in [0.05, 0.1) is 0 Å². The molecule has 0 radical (unpaired) electrons. The monoisotopic (exact) mass is 265 g/mol. The van der Waals surface area contributed by atoms with Crippen molar-refractivity contribution >= 4 is 21.7 Å². The van der Waals surface area contributed by atoms with Gasteiger partial charge in [-0.3, -0.25) is 9.59 Å². The molecular formula is C10H19NO5S. The van der Waals surface area contributed by atoms with Gasteiger partial charge in [-0.05, 0) is 20.3 Å². The number of nitrogens with one attached hydrogen (secondary N) is 1. The summed E-state index contributed by atoms with van der Waals surface area (Å²) in [6.07, 6.45) is 1.64. The van der Waals surface area contributed by atoms with Crippen molar-refractivity contribution in [3.05, 3.63) is 0 Å². The summed E-state index contributed by atoms with van der Waals surface area (Å²) < 4.78 is 23.4. The summed E-state index contributed by atoms with van der Waals surface area (Å²) in [7, 11) is -3.99. The van der Waals surface area contributed by atoms with Crippen LogP contribution < -0.4 is 5.32 Å². The summed E-state index contributed by atoms with van der Waals surface area (Å²) in [5, 5.41) is 8.21. The Morgan fingerprint density at radius 3 is 2.18 bits per heavy atom. The number of hydrogen-bond donors (Lipinski definition) is 2. The van der Waals surface area contributed by atoms with E-state index >= 15 is 0 Å². The van der Waals surface area contributed by atoms with Crippen LogP contribution in [0.3, 0.4) is 0 Å². The molecule has 0 aliphatic heterocycles. The van der Waals surface area contributed by atoms with Crippen molar-refractivity contribution in [2.45, 2.75) is 44.1 Å². The lowest BCUT2D eigenvalue weighted by Crippen LogP contribution is -2.43. The molecule has 100 valence electrons. The van der Waals surface area contributed by atoms with Crippen LogP contribution in [-0.2, 0) is 19.4 Å². The molecule has 0 heterocycles. The van der Waals surface area contributed by atoms with Crippen LogP contribution >= 0.6 is 0 Å². The van der Waals surface area contributed by atoms with E-state index in [0.717, 1.165) is 19.8 Å². The fourth-order valence-electron chi connectivity index (χ4n) is 1.13. The molecular weight excluding hydrogens is 246 g/mol. The molecule has 1 amide bonds. The van der Waals surface area contributed by atoms with E-state index in [1.54, 1.807) is 0 Å². The predicted molar refractivity (Wildman–Crippen MR) is 63.4 cm³/mol. The number of carboxylic acid groups (broad SMARTS) is 1. The van der Waals surface area contributed by atoms with Crippen molar-refractivity contribution in [1.29, 1.82) is 0 Å². The summed E-state index contributed by atoms with van der Waals surface area (Å²) in [6, 6.07) is 0. The van der Waals surface area contributed by atoms with Crippen LogP contribution in [-0.4, -0.2) is 42.4 Å². The predicted octanol–water partition coefficient (Wildman–Crippen LogP) is 0.179. The quantitative estimate of drug-likeness (QED) is 0.639. The second kappa shape index (κ2) is 6.58. The van der Waals surface area contributed by atoms with Gasteiger partial charge in [0, 0.05) is 6.54 Å². The minimum atomic E-state index is -3.99. The van der Waals surface area contributed by atoms with Crippen molar-refractivity contribution in [2.24, 2.45) is 0 Å². The van der Waals surface area contributed by atoms with E-state index in [1.807, 2.05) is 6.92 Å². The lowest BCUT2D eigenvalue weighted by molar-refractivity contribution is -0.136. The van der Waals surface area contributed by atoms with Gasteiger partial charge in [-0.25, -0.2) is 8.42 Å². The lowest BCUT2D eigenvalue weighted by Gasteiger charge is -2.15. The first-order valence-corrected chi connectivity index (χ1v) is 7.09. The van der Waals surface area contributed by atoms with Gasteiger partial charge in [0.15, 0.2) is 15.1 Å². The Hall–Kier alpha value is -1.11. The number of unbranched alkanes of at least 4 members (excludes halogenated alkanes) is 1. The molecule has 17 heavy (non-hydrogen) atoms. The van der Waals surface area contributed by atoms with E-state index in [0.29, 0.717) is 6.54 Å². The molecule has 7 heteroatoms. The van der Waals surface area contributed by atoms with Crippen molar-refractivity contribution < 1.29 is 23.1 Å². The SMILES string of the molecule is CCCCNC(=O)C(C)S(=O)(=O)C(C)C(=O)O. The van der Waals surface area contributed by atoms with Gasteiger partial charge in [0.2, 0.25) is 5.91 Å². The topological polar surface area (TPSA) is 101 Å². The van der Waals surface area contributed by atoms with Gasteiger partial charge < -0.3 is 10.4 Å². The van der Waals surface area contributed by atoms with E-state index in [4.69, 9.17) is 5.11 Å². The maximum atomic E-state index is 11.7. The van der Waals surface area contributed by atoms with Crippen LogP contribution in [0.25, 0.3) is 0 Å². The van der Waals surface area contributed by atoms with E-state index in [9.17, 15) is 18.0 Å². The van der Waals surface area contributed by atoms with Crippen LogP contribution in [0, 0.1) is 0 Å². The number of rotatable bonds is 7. The number of carbonyl (C=O) groups is 2. The Balaban J connectivity index is 4.63. The van der Waals surface area contributed by atoms with Gasteiger partial charge in [-0.15, -0.1) is 0 Å². The highest BCUT2D eigenvalue weighted by Gasteiger charge is 2.36. The Kier molecular flexibility index (Phi) is 6.15. The third kappa shape index (κ3) is 4.33. The fourth-order valence-corrected chi connectivity index (χ4v) is 2.40. The second-order valence-corrected chi connectivity index (χ2v) is 6.45. The highest BCUT2D eigenvalue weighted by Crippen LogP contribution is 2.10. The molecule has 0 spiro atoms. The van der Waals surface area contributed by atoms with Gasteiger partial charge in [-0.1, -0.05) is 13.3 Å². The van der Waals surface area contributed by atoms with Crippen LogP contribution in [0.2, 0.25) is 0 Å². The fraction of sp³-hybridized carbons (Fsp3) is 0.800. The van der Waals surface area contributed by atoms with Gasteiger partial charge in [0.1, 0.15) is 5.25 Å². The maximum absolute atomic E-state index is 11.7. The smallest absolute Gasteiger partial charge is 0.321 e. The second-order valence-electron chi connectivity index (χ2n) is 3.86. The maximum Gasteiger partial charge on any atom is 0.321 e. The highest BCUT2D eigenvalue weighted by atomic mass is 32.2. The highest BCUT2D eigenvalue weighted by molar-refractivity contribution is 7.94. The standard InChI is InChI=1S/C10H19NO5S/c1-4-5-6-11-9(12)7(2)17(15,16)8(3)10(13)14/h7-8H,4-6H2,1-3H3,(H,11,12)(H,13,14). The third-order valence-electron chi connectivity index (χ3n) is 2.53. The van der Waals surface area contributed by atoms with Gasteiger partial charge >= 0.3 is 5.97 Å². The molecule has 0 aromatic carbocycles. The first kappa shape index (κ1) is 15.9. The molecule has 0 aromatic rings. The van der Waals surface area contributed by atoms with Crippen LogP contribution in [0.15, 0.2) is 0 Å². The molecule has 0 aromatic heterocycles. The van der Waals surface area contributed by atoms with Crippen LogP contribution in [0.4, 0.5) is 0 Å². The zero-order valence-corrected chi connectivity index (χ0v) is 11.1. The number of carbonyl (C=O) groups excluding carboxylic acids is 1. The van der Waals surface area contributed by atoms with Crippen LogP contribution in [0.5, 0.6) is 0 Å². The molecule has 0 saturated carbocycles. The molecule has 2 unspecified atom stereocenters. The molecule has 0 bridgehead atoms. The van der Waals surface area contributed by atoms with Crippen LogP contribution in [0.1, 0.15) is 33.6 Å². The molecule has 0 saturated heterocycles. The summed E-state index contributed by atoms with van der Waals surface area (Å²) in [6.45, 7) is 4.61. The normalized spacial score (nSPS) is 15.0. The number of amides is 1. The van der Waals surface area contributed by atoms with Crippen molar-refractivity contribution in [3.63, 3.8) is 0 Å². The molecule has 6 nitrogen and oxygen atoms in total. The average molecular weight is 265 g/mol. The zero-order chi connectivity index (χ0) is 13.6. The summed E-state index contributed by atoms with van der Waals surface area (Å²) in [4.78, 5) is 22.1. The Morgan fingerprint density at radius 1 is 1.24 bits per heavy atom. The average Bonchev–Trinajstić information content (AvgIpc) is 2.26. The minimum absolute atomic E-state index is 0.399. The number of sulfone groups is 1. The molecule has 0 aliphatic rings. The first-order chi connectivity index (χ1) is 7.75. The third-order valence-corrected chi connectivity index (χ3v) is 4.92. The lowest BCUT2D eigenvalue weighted by atomic mass is 10.3. The Labute approximate surface area is 101 Å². The largest absolute Gasteiger partial charge is 0.480 e. The van der Waals surface area contributed by atoms with E-state index in [-0.39, 0.29) is 0 Å². The minimum Gasteiger partial charge on any atom is -0.480 e. The van der Waals surface area contributed by atoms with Gasteiger partial charge in [-0.2, -0.15) is 0 Å². The first-order valence-electron chi connectivity index (χ1n) is 5.48. The van der Waals surface area contributed by atoms with E-state index < -0.39 is 32.2 Å². The molecule has 2 atom stereocenters. The summed E-state index contributed by atoms with van der Waals surface area (Å²) >= 11 is 0. The zero-order valence-electron chi connectivity index (χ0n) is 10.3. The van der Waals surface area contributed by atoms with Crippen molar-refractivity contribution in [3.8, 4) is 0 Å². The Morgan fingerprint density at radius 2 is 1.76 bits per heavy atom. The van der Waals surface area contributed by atoms with Gasteiger partial charge in [0.25, 0.3) is 0 Å². The van der Waals surface area contributed by atoms with E-state index in [2.05, 4.69) is 5.32 Å². The molecule has 0 fully saturated rings.